The van der Waals surface area contributed by atoms with E-state index in [1.165, 1.54) is 25.8 Å². The number of likely N-dealkylation sites (N-methyl/N-ethyl adjacent to an activating group) is 1. The molecule has 0 bridgehead atoms. The molecule has 46 heavy (non-hydrogen) atoms. The number of alkyl halides is 6. The van der Waals surface area contributed by atoms with Gasteiger partial charge < -0.3 is 30.1 Å². The van der Waals surface area contributed by atoms with Gasteiger partial charge in [0.1, 0.15) is 0 Å². The molecule has 3 aliphatic heterocycles. The van der Waals surface area contributed by atoms with E-state index in [2.05, 4.69) is 15.1 Å². The summed E-state index contributed by atoms with van der Waals surface area (Å²) < 4.78 is 87.6. The summed E-state index contributed by atoms with van der Waals surface area (Å²) >= 11 is 0. The second kappa shape index (κ2) is 12.9. The van der Waals surface area contributed by atoms with E-state index in [-0.39, 0.29) is 37.3 Å². The van der Waals surface area contributed by atoms with E-state index in [0.29, 0.717) is 57.1 Å². The number of hydrogen-bond acceptors (Lipinski definition) is 7. The molecule has 5 rings (SSSR count). The number of amides is 1. The molecule has 0 aliphatic carbocycles. The van der Waals surface area contributed by atoms with Crippen molar-refractivity contribution in [1.82, 2.24) is 15.1 Å². The van der Waals surface area contributed by atoms with Crippen molar-refractivity contribution in [1.29, 1.82) is 0 Å². The van der Waals surface area contributed by atoms with Crippen LogP contribution in [0.25, 0.3) is 0 Å². The number of benzene rings is 2. The number of aliphatic hydroxyl groups excluding tert-OH is 2. The molecule has 0 saturated carbocycles. The van der Waals surface area contributed by atoms with Crippen molar-refractivity contribution in [2.75, 3.05) is 64.5 Å². The Hall–Kier alpha value is -2.91. The molecule has 2 aromatic rings. The van der Waals surface area contributed by atoms with E-state index < -0.39 is 46.4 Å². The smallest absolute Gasteiger partial charge is 0.394 e. The molecule has 8 nitrogen and oxygen atoms in total. The Balaban J connectivity index is 1.50. The summed E-state index contributed by atoms with van der Waals surface area (Å²) in [7, 11) is 1.50. The molecule has 2 aromatic carbocycles. The number of anilines is 1. The van der Waals surface area contributed by atoms with Gasteiger partial charge in [0.25, 0.3) is 0 Å². The van der Waals surface area contributed by atoms with Crippen LogP contribution in [0.2, 0.25) is 0 Å². The number of carbonyl (C=O) groups excluding carboxylic acids is 1. The van der Waals surface area contributed by atoms with E-state index in [4.69, 9.17) is 4.74 Å². The zero-order valence-corrected chi connectivity index (χ0v) is 26.0. The first-order valence-corrected chi connectivity index (χ1v) is 15.3. The van der Waals surface area contributed by atoms with Crippen LogP contribution >= 0.6 is 0 Å². The van der Waals surface area contributed by atoms with Crippen molar-refractivity contribution < 1.29 is 46.1 Å². The highest BCUT2D eigenvalue weighted by atomic mass is 19.4. The van der Waals surface area contributed by atoms with E-state index in [1.807, 2.05) is 12.1 Å². The Morgan fingerprint density at radius 1 is 1.00 bits per heavy atom. The fraction of sp³-hybridized carbons (Fsp3) is 0.594. The second-order valence-electron chi connectivity index (χ2n) is 12.9. The standard InChI is InChI=1S/C32H40F6N4O4/c1-30(2,20-9-21(31(33,34)35)11-22(10-20)32(36,37)38)29(45)40(3)27-13-39-12-25(27)28-19(16-43)5-4-6-26(28)42-15-24-18-46-8-7-41(24)14-23(42)17-44/h4-6,9-11,23-25,27,39,43-44H,7-8,12-18H2,1-3H3/t23-,24-,25?,27?/m0/s1. The topological polar surface area (TPSA) is 88.5 Å². The summed E-state index contributed by atoms with van der Waals surface area (Å²) in [6.45, 7) is 6.05. The highest BCUT2D eigenvalue weighted by molar-refractivity contribution is 5.88. The molecule has 3 fully saturated rings. The Morgan fingerprint density at radius 2 is 1.65 bits per heavy atom. The maximum Gasteiger partial charge on any atom is 0.416 e. The molecule has 3 saturated heterocycles. The number of carbonyl (C=O) groups is 1. The number of fused-ring (bicyclic) bond motifs is 1. The number of aliphatic hydroxyl groups is 2. The van der Waals surface area contributed by atoms with Gasteiger partial charge in [-0.1, -0.05) is 12.1 Å². The maximum absolute atomic E-state index is 14.1. The van der Waals surface area contributed by atoms with Gasteiger partial charge in [0.15, 0.2) is 0 Å². The van der Waals surface area contributed by atoms with Gasteiger partial charge in [0.05, 0.1) is 61.1 Å². The van der Waals surface area contributed by atoms with Crippen LogP contribution in [0.3, 0.4) is 0 Å². The summed E-state index contributed by atoms with van der Waals surface area (Å²) in [5, 5.41) is 24.1. The lowest BCUT2D eigenvalue weighted by Gasteiger charge is -2.49. The fourth-order valence-electron chi connectivity index (χ4n) is 7.11. The van der Waals surface area contributed by atoms with E-state index in [0.717, 1.165) is 17.8 Å². The fourth-order valence-corrected chi connectivity index (χ4v) is 7.11. The summed E-state index contributed by atoms with van der Waals surface area (Å²) in [5.41, 5.74) is -2.91. The van der Waals surface area contributed by atoms with Crippen molar-refractivity contribution >= 4 is 11.6 Å². The predicted molar refractivity (Wildman–Crippen MR) is 158 cm³/mol. The summed E-state index contributed by atoms with van der Waals surface area (Å²) in [6, 6.07) is 6.10. The van der Waals surface area contributed by atoms with Crippen LogP contribution in [-0.4, -0.2) is 104 Å². The van der Waals surface area contributed by atoms with Crippen LogP contribution in [-0.2, 0) is 33.9 Å². The van der Waals surface area contributed by atoms with Gasteiger partial charge in [-0.25, -0.2) is 0 Å². The lowest BCUT2D eigenvalue weighted by Crippen LogP contribution is -2.63. The van der Waals surface area contributed by atoms with Gasteiger partial charge in [-0.15, -0.1) is 0 Å². The first-order valence-electron chi connectivity index (χ1n) is 15.3. The van der Waals surface area contributed by atoms with Gasteiger partial charge in [0, 0.05) is 51.4 Å². The van der Waals surface area contributed by atoms with Crippen molar-refractivity contribution in [2.24, 2.45) is 0 Å². The molecule has 3 aliphatic rings. The minimum absolute atomic E-state index is 0.0525. The number of nitrogens with one attached hydrogen (secondary N) is 1. The normalized spacial score (nSPS) is 24.6. The number of rotatable bonds is 7. The van der Waals surface area contributed by atoms with Gasteiger partial charge in [0.2, 0.25) is 5.91 Å². The third-order valence-corrected chi connectivity index (χ3v) is 9.72. The number of hydrogen-bond donors (Lipinski definition) is 3. The molecule has 254 valence electrons. The maximum atomic E-state index is 14.1. The van der Waals surface area contributed by atoms with E-state index in [9.17, 15) is 41.4 Å². The van der Waals surface area contributed by atoms with Crippen LogP contribution in [0.4, 0.5) is 32.0 Å². The largest absolute Gasteiger partial charge is 0.416 e. The van der Waals surface area contributed by atoms with Crippen molar-refractivity contribution in [3.8, 4) is 0 Å². The number of morpholine rings is 1. The minimum Gasteiger partial charge on any atom is -0.394 e. The summed E-state index contributed by atoms with van der Waals surface area (Å²) in [6.07, 6.45) is -10.1. The average Bonchev–Trinajstić information content (AvgIpc) is 3.51. The number of piperazine rings is 1. The molecule has 4 atom stereocenters. The van der Waals surface area contributed by atoms with Crippen LogP contribution in [0.5, 0.6) is 0 Å². The molecule has 14 heteroatoms. The lowest BCUT2D eigenvalue weighted by molar-refractivity contribution is -0.144. The van der Waals surface area contributed by atoms with Crippen LogP contribution < -0.4 is 10.2 Å². The SMILES string of the molecule is CN(C(=O)C(C)(C)c1cc(C(F)(F)F)cc(C(F)(F)F)c1)C1CNCC1c1c(CO)cccc1N1C[C@H]2COCCN2C[C@H]1CO. The van der Waals surface area contributed by atoms with Crippen molar-refractivity contribution in [2.45, 2.75) is 62.3 Å². The highest BCUT2D eigenvalue weighted by Crippen LogP contribution is 2.42. The quantitative estimate of drug-likeness (QED) is 0.392. The number of halogens is 6. The monoisotopic (exact) mass is 658 g/mol. The molecule has 1 amide bonds. The van der Waals surface area contributed by atoms with Gasteiger partial charge >= 0.3 is 12.4 Å². The van der Waals surface area contributed by atoms with Crippen LogP contribution in [0, 0.1) is 0 Å². The Bertz CT molecular complexity index is 1390. The van der Waals surface area contributed by atoms with Gasteiger partial charge in [-0.2, -0.15) is 26.3 Å². The molecule has 3 heterocycles. The van der Waals surface area contributed by atoms with E-state index >= 15 is 0 Å². The summed E-state index contributed by atoms with van der Waals surface area (Å²) in [4.78, 5) is 19.9. The molecular formula is C32H40F6N4O4. The molecule has 2 unspecified atom stereocenters. The number of ether oxygens (including phenoxy) is 1. The average molecular weight is 659 g/mol. The third kappa shape index (κ3) is 6.59. The van der Waals surface area contributed by atoms with E-state index in [1.54, 1.807) is 6.07 Å². The van der Waals surface area contributed by atoms with Gasteiger partial charge in [-0.3, -0.25) is 9.69 Å². The molecule has 0 spiro atoms. The third-order valence-electron chi connectivity index (χ3n) is 9.72. The van der Waals surface area contributed by atoms with Crippen LogP contribution in [0.15, 0.2) is 36.4 Å². The predicted octanol–water partition coefficient (Wildman–Crippen LogP) is 3.59. The first-order chi connectivity index (χ1) is 21.6. The zero-order chi connectivity index (χ0) is 33.6. The molecular weight excluding hydrogens is 618 g/mol. The van der Waals surface area contributed by atoms with Crippen LogP contribution in [0.1, 0.15) is 47.6 Å². The highest BCUT2D eigenvalue weighted by Gasteiger charge is 2.45. The first kappa shape index (κ1) is 34.4. The lowest BCUT2D eigenvalue weighted by atomic mass is 9.80. The zero-order valence-electron chi connectivity index (χ0n) is 26.0. The Morgan fingerprint density at radius 3 is 2.26 bits per heavy atom. The Labute approximate surface area is 263 Å². The molecule has 3 N–H and O–H groups in total. The Kier molecular flexibility index (Phi) is 9.69. The van der Waals surface area contributed by atoms with Crippen molar-refractivity contribution in [3.63, 3.8) is 0 Å². The summed E-state index contributed by atoms with van der Waals surface area (Å²) in [5.74, 6) is -1.03. The second-order valence-corrected chi connectivity index (χ2v) is 12.9. The minimum atomic E-state index is -5.05. The number of nitrogens with zero attached hydrogens (tertiary/aromatic N) is 3. The molecule has 0 aromatic heterocycles. The molecule has 0 radical (unpaired) electrons. The van der Waals surface area contributed by atoms with Gasteiger partial charge in [-0.05, 0) is 54.8 Å². The van der Waals surface area contributed by atoms with Crippen molar-refractivity contribution in [3.05, 3.63) is 64.2 Å².